The lowest BCUT2D eigenvalue weighted by atomic mass is 10.2. The maximum Gasteiger partial charge on any atom is 0.295 e. The SMILES string of the molecule is Cc1ccc(NC(=O)c2nc(-c3ccc(Br)cc3)n(-c3ccccc3C)n2)cc1Cl. The molecule has 150 valence electrons. The Morgan fingerprint density at radius 1 is 1.00 bits per heavy atom. The van der Waals surface area contributed by atoms with Gasteiger partial charge in [-0.15, -0.1) is 5.10 Å². The van der Waals surface area contributed by atoms with Crippen LogP contribution in [0.4, 0.5) is 5.69 Å². The monoisotopic (exact) mass is 480 g/mol. The van der Waals surface area contributed by atoms with Crippen molar-refractivity contribution < 1.29 is 4.79 Å². The van der Waals surface area contributed by atoms with Gasteiger partial charge in [0.25, 0.3) is 5.91 Å². The molecule has 0 saturated heterocycles. The second kappa shape index (κ2) is 8.42. The van der Waals surface area contributed by atoms with Gasteiger partial charge in [-0.3, -0.25) is 4.79 Å². The van der Waals surface area contributed by atoms with Crippen molar-refractivity contribution in [3.8, 4) is 17.1 Å². The summed E-state index contributed by atoms with van der Waals surface area (Å²) >= 11 is 9.62. The Bertz CT molecular complexity index is 1230. The highest BCUT2D eigenvalue weighted by atomic mass is 79.9. The van der Waals surface area contributed by atoms with E-state index in [9.17, 15) is 4.79 Å². The van der Waals surface area contributed by atoms with Gasteiger partial charge in [0.05, 0.1) is 5.69 Å². The fourth-order valence-electron chi connectivity index (χ4n) is 3.02. The number of anilines is 1. The summed E-state index contributed by atoms with van der Waals surface area (Å²) in [4.78, 5) is 17.4. The highest BCUT2D eigenvalue weighted by Gasteiger charge is 2.20. The van der Waals surface area contributed by atoms with E-state index in [4.69, 9.17) is 11.6 Å². The summed E-state index contributed by atoms with van der Waals surface area (Å²) in [5.41, 5.74) is 4.27. The number of rotatable bonds is 4. The first kappa shape index (κ1) is 20.3. The van der Waals surface area contributed by atoms with Crippen LogP contribution in [0.5, 0.6) is 0 Å². The van der Waals surface area contributed by atoms with E-state index >= 15 is 0 Å². The van der Waals surface area contributed by atoms with Crippen LogP contribution in [-0.4, -0.2) is 20.7 Å². The first-order valence-electron chi connectivity index (χ1n) is 9.29. The van der Waals surface area contributed by atoms with Crippen LogP contribution >= 0.6 is 27.5 Å². The maximum absolute atomic E-state index is 12.9. The molecule has 0 spiro atoms. The van der Waals surface area contributed by atoms with E-state index in [-0.39, 0.29) is 5.82 Å². The van der Waals surface area contributed by atoms with Crippen molar-refractivity contribution >= 4 is 39.1 Å². The molecular weight excluding hydrogens is 464 g/mol. The van der Waals surface area contributed by atoms with Crippen molar-refractivity contribution in [2.75, 3.05) is 5.32 Å². The summed E-state index contributed by atoms with van der Waals surface area (Å²) in [6, 6.07) is 20.9. The van der Waals surface area contributed by atoms with Gasteiger partial charge in [0.15, 0.2) is 5.82 Å². The third-order valence-corrected chi connectivity index (χ3v) is 5.62. The Hall–Kier alpha value is -2.96. The van der Waals surface area contributed by atoms with Gasteiger partial charge < -0.3 is 5.32 Å². The van der Waals surface area contributed by atoms with E-state index in [0.29, 0.717) is 16.5 Å². The fraction of sp³-hybridized carbons (Fsp3) is 0.0870. The first-order valence-corrected chi connectivity index (χ1v) is 10.5. The molecule has 30 heavy (non-hydrogen) atoms. The molecule has 1 N–H and O–H groups in total. The molecule has 0 aliphatic heterocycles. The summed E-state index contributed by atoms with van der Waals surface area (Å²) in [6.07, 6.45) is 0. The zero-order valence-corrected chi connectivity index (χ0v) is 18.7. The van der Waals surface area contributed by atoms with Gasteiger partial charge in [0.1, 0.15) is 0 Å². The van der Waals surface area contributed by atoms with Gasteiger partial charge in [0.2, 0.25) is 5.82 Å². The molecule has 7 heteroatoms. The smallest absolute Gasteiger partial charge is 0.295 e. The zero-order valence-electron chi connectivity index (χ0n) is 16.4. The molecule has 0 aliphatic rings. The number of hydrogen-bond donors (Lipinski definition) is 1. The number of benzene rings is 3. The topological polar surface area (TPSA) is 59.8 Å². The van der Waals surface area contributed by atoms with Crippen LogP contribution in [0.25, 0.3) is 17.1 Å². The van der Waals surface area contributed by atoms with Gasteiger partial charge in [-0.2, -0.15) is 0 Å². The van der Waals surface area contributed by atoms with Gasteiger partial charge in [0, 0.05) is 20.7 Å². The Balaban J connectivity index is 1.76. The lowest BCUT2D eigenvalue weighted by Gasteiger charge is -2.08. The van der Waals surface area contributed by atoms with Crippen LogP contribution in [0.1, 0.15) is 21.7 Å². The number of aryl methyl sites for hydroxylation is 2. The molecule has 0 fully saturated rings. The van der Waals surface area contributed by atoms with E-state index in [0.717, 1.165) is 26.9 Å². The Kier molecular flexibility index (Phi) is 5.70. The highest BCUT2D eigenvalue weighted by Crippen LogP contribution is 2.25. The molecule has 1 heterocycles. The molecule has 3 aromatic carbocycles. The quantitative estimate of drug-likeness (QED) is 0.376. The lowest BCUT2D eigenvalue weighted by molar-refractivity contribution is 0.101. The number of para-hydroxylation sites is 1. The number of aromatic nitrogens is 3. The predicted molar refractivity (Wildman–Crippen MR) is 123 cm³/mol. The Labute approximate surface area is 187 Å². The summed E-state index contributed by atoms with van der Waals surface area (Å²) in [7, 11) is 0. The van der Waals surface area contributed by atoms with Crippen LogP contribution in [-0.2, 0) is 0 Å². The lowest BCUT2D eigenvalue weighted by Crippen LogP contribution is -2.14. The molecule has 0 radical (unpaired) electrons. The van der Waals surface area contributed by atoms with Crippen LogP contribution in [0, 0.1) is 13.8 Å². The van der Waals surface area contributed by atoms with Crippen molar-refractivity contribution in [2.24, 2.45) is 0 Å². The summed E-state index contributed by atoms with van der Waals surface area (Å²) in [5.74, 6) is 0.261. The molecule has 1 amide bonds. The summed E-state index contributed by atoms with van der Waals surface area (Å²) < 4.78 is 2.66. The van der Waals surface area contributed by atoms with Gasteiger partial charge in [-0.25, -0.2) is 9.67 Å². The minimum absolute atomic E-state index is 0.0767. The molecule has 4 aromatic rings. The van der Waals surface area contributed by atoms with Crippen LogP contribution in [0.3, 0.4) is 0 Å². The van der Waals surface area contributed by atoms with Crippen molar-refractivity contribution in [3.63, 3.8) is 0 Å². The fourth-order valence-corrected chi connectivity index (χ4v) is 3.47. The number of halogens is 2. The van der Waals surface area contributed by atoms with Crippen molar-refractivity contribution in [3.05, 3.63) is 93.2 Å². The number of nitrogens with one attached hydrogen (secondary N) is 1. The number of amides is 1. The van der Waals surface area contributed by atoms with Crippen LogP contribution in [0.15, 0.2) is 71.2 Å². The van der Waals surface area contributed by atoms with Gasteiger partial charge in [-0.1, -0.05) is 63.9 Å². The standard InChI is InChI=1S/C23H18BrClN4O/c1-14-7-12-18(13-19(14)25)26-23(30)21-27-22(16-8-10-17(24)11-9-16)29(28-21)20-6-4-3-5-15(20)2/h3-13H,1-2H3,(H,26,30). The third kappa shape index (κ3) is 4.15. The maximum atomic E-state index is 12.9. The first-order chi connectivity index (χ1) is 14.4. The van der Waals surface area contributed by atoms with Crippen molar-refractivity contribution in [1.82, 2.24) is 14.8 Å². The average molecular weight is 482 g/mol. The highest BCUT2D eigenvalue weighted by molar-refractivity contribution is 9.10. The summed E-state index contributed by atoms with van der Waals surface area (Å²) in [6.45, 7) is 3.90. The predicted octanol–water partition coefficient (Wildman–Crippen LogP) is 6.22. The van der Waals surface area contributed by atoms with Crippen LogP contribution in [0.2, 0.25) is 5.02 Å². The molecule has 1 aromatic heterocycles. The molecule has 0 bridgehead atoms. The molecule has 0 saturated carbocycles. The summed E-state index contributed by atoms with van der Waals surface area (Å²) in [5, 5.41) is 7.93. The molecule has 0 unspecified atom stereocenters. The molecular formula is C23H18BrClN4O. The van der Waals surface area contributed by atoms with Crippen molar-refractivity contribution in [1.29, 1.82) is 0 Å². The zero-order chi connectivity index (χ0) is 21.3. The molecule has 4 rings (SSSR count). The van der Waals surface area contributed by atoms with E-state index in [1.807, 2.05) is 68.4 Å². The van der Waals surface area contributed by atoms with Gasteiger partial charge >= 0.3 is 0 Å². The van der Waals surface area contributed by atoms with E-state index in [1.54, 1.807) is 16.8 Å². The Morgan fingerprint density at radius 3 is 2.43 bits per heavy atom. The minimum atomic E-state index is -0.402. The molecule has 0 atom stereocenters. The van der Waals surface area contributed by atoms with E-state index in [2.05, 4.69) is 31.3 Å². The third-order valence-electron chi connectivity index (χ3n) is 4.69. The van der Waals surface area contributed by atoms with E-state index in [1.165, 1.54) is 0 Å². The Morgan fingerprint density at radius 2 is 1.73 bits per heavy atom. The second-order valence-corrected chi connectivity index (χ2v) is 8.21. The largest absolute Gasteiger partial charge is 0.319 e. The molecule has 5 nitrogen and oxygen atoms in total. The van der Waals surface area contributed by atoms with E-state index < -0.39 is 5.91 Å². The number of nitrogens with zero attached hydrogens (tertiary/aromatic N) is 3. The second-order valence-electron chi connectivity index (χ2n) is 6.88. The molecule has 0 aliphatic carbocycles. The van der Waals surface area contributed by atoms with Crippen LogP contribution < -0.4 is 5.32 Å². The van der Waals surface area contributed by atoms with Gasteiger partial charge in [-0.05, 0) is 55.3 Å². The number of hydrogen-bond acceptors (Lipinski definition) is 3. The number of carbonyl (C=O) groups excluding carboxylic acids is 1. The van der Waals surface area contributed by atoms with Crippen molar-refractivity contribution in [2.45, 2.75) is 13.8 Å². The number of carbonyl (C=O) groups is 1. The normalized spacial score (nSPS) is 10.8. The minimum Gasteiger partial charge on any atom is -0.319 e. The average Bonchev–Trinajstić information content (AvgIpc) is 3.17.